The Hall–Kier alpha value is -3.36. The average Bonchev–Trinajstić information content (AvgIpc) is 3.12. The van der Waals surface area contributed by atoms with Gasteiger partial charge in [0.25, 0.3) is 0 Å². The number of aldehydes is 1. The summed E-state index contributed by atoms with van der Waals surface area (Å²) in [6.07, 6.45) is -1.03. The third kappa shape index (κ3) is 4.30. The van der Waals surface area contributed by atoms with Crippen LogP contribution in [-0.2, 0) is 13.2 Å². The summed E-state index contributed by atoms with van der Waals surface area (Å²) in [5.41, 5.74) is 1.33. The van der Waals surface area contributed by atoms with Crippen LogP contribution in [0.1, 0.15) is 15.9 Å². The number of hydrogen-bond acceptors (Lipinski definition) is 5. The number of alkyl halides is 3. The molecular weight excluding hydrogens is 375 g/mol. The Morgan fingerprint density at radius 1 is 1.11 bits per heavy atom. The first-order valence-electron chi connectivity index (χ1n) is 8.20. The second-order valence-electron chi connectivity index (χ2n) is 5.78. The van der Waals surface area contributed by atoms with Crippen molar-refractivity contribution in [3.63, 3.8) is 0 Å². The fourth-order valence-electron chi connectivity index (χ4n) is 2.71. The van der Waals surface area contributed by atoms with Gasteiger partial charge in [0, 0.05) is 18.0 Å². The molecule has 0 atom stereocenters. The summed E-state index contributed by atoms with van der Waals surface area (Å²) in [5.74, 6) is 0.662. The maximum Gasteiger partial charge on any atom is 0.408 e. The quantitative estimate of drug-likeness (QED) is 0.572. The monoisotopic (exact) mass is 391 g/mol. The fraction of sp³-hybridized carbons (Fsp3) is 0.211. The summed E-state index contributed by atoms with van der Waals surface area (Å²) in [6.45, 7) is -1.23. The van der Waals surface area contributed by atoms with Crippen LogP contribution in [0.5, 0.6) is 11.5 Å². The molecule has 0 aliphatic heterocycles. The molecule has 3 aromatic rings. The Kier molecular flexibility index (Phi) is 5.62. The van der Waals surface area contributed by atoms with Crippen LogP contribution in [0.3, 0.4) is 0 Å². The number of methoxy groups -OCH3 is 1. The normalized spacial score (nSPS) is 11.3. The average molecular weight is 391 g/mol. The highest BCUT2D eigenvalue weighted by atomic mass is 19.4. The minimum Gasteiger partial charge on any atom is -0.496 e. The van der Waals surface area contributed by atoms with Gasteiger partial charge in [-0.3, -0.25) is 14.5 Å². The predicted octanol–water partition coefficient (Wildman–Crippen LogP) is 3.91. The Morgan fingerprint density at radius 2 is 1.89 bits per heavy atom. The second-order valence-corrected chi connectivity index (χ2v) is 5.78. The van der Waals surface area contributed by atoms with Gasteiger partial charge < -0.3 is 9.47 Å². The molecule has 0 aliphatic rings. The summed E-state index contributed by atoms with van der Waals surface area (Å²) in [6, 6.07) is 9.70. The Labute approximate surface area is 158 Å². The highest BCUT2D eigenvalue weighted by Crippen LogP contribution is 2.29. The van der Waals surface area contributed by atoms with Gasteiger partial charge in [0.1, 0.15) is 24.7 Å². The number of rotatable bonds is 7. The van der Waals surface area contributed by atoms with Crippen LogP contribution in [0.15, 0.2) is 48.8 Å². The molecule has 3 rings (SSSR count). The van der Waals surface area contributed by atoms with Crippen LogP contribution in [0.4, 0.5) is 13.2 Å². The number of carbonyl (C=O) groups is 1. The van der Waals surface area contributed by atoms with E-state index < -0.39 is 12.7 Å². The number of benzene rings is 1. The van der Waals surface area contributed by atoms with Crippen molar-refractivity contribution >= 4 is 6.29 Å². The first-order chi connectivity index (χ1) is 13.4. The lowest BCUT2D eigenvalue weighted by Gasteiger charge is -2.14. The molecule has 0 saturated heterocycles. The highest BCUT2D eigenvalue weighted by molar-refractivity contribution is 5.83. The van der Waals surface area contributed by atoms with Gasteiger partial charge in [-0.2, -0.15) is 18.3 Å². The second kappa shape index (κ2) is 8.12. The van der Waals surface area contributed by atoms with Crippen LogP contribution in [0, 0.1) is 0 Å². The molecule has 28 heavy (non-hydrogen) atoms. The van der Waals surface area contributed by atoms with Gasteiger partial charge in [0.2, 0.25) is 0 Å². The van der Waals surface area contributed by atoms with Crippen LogP contribution >= 0.6 is 0 Å². The Morgan fingerprint density at radius 3 is 2.61 bits per heavy atom. The van der Waals surface area contributed by atoms with E-state index in [0.717, 1.165) is 4.68 Å². The van der Waals surface area contributed by atoms with Crippen molar-refractivity contribution in [3.8, 4) is 22.9 Å². The Balaban J connectivity index is 1.89. The summed E-state index contributed by atoms with van der Waals surface area (Å²) in [4.78, 5) is 15.6. The van der Waals surface area contributed by atoms with E-state index in [-0.39, 0.29) is 17.9 Å². The minimum absolute atomic E-state index is 0.00558. The highest BCUT2D eigenvalue weighted by Gasteiger charge is 2.30. The molecule has 9 heteroatoms. The van der Waals surface area contributed by atoms with E-state index in [9.17, 15) is 18.0 Å². The van der Waals surface area contributed by atoms with E-state index in [0.29, 0.717) is 29.0 Å². The molecule has 2 heterocycles. The molecule has 0 unspecified atom stereocenters. The molecule has 0 aliphatic carbocycles. The zero-order valence-corrected chi connectivity index (χ0v) is 14.8. The first-order valence-corrected chi connectivity index (χ1v) is 8.20. The number of carbonyl (C=O) groups excluding carboxylic acids is 1. The smallest absolute Gasteiger partial charge is 0.408 e. The summed E-state index contributed by atoms with van der Waals surface area (Å²) >= 11 is 0. The Bertz CT molecular complexity index is 970. The zero-order valence-electron chi connectivity index (χ0n) is 14.8. The van der Waals surface area contributed by atoms with Crippen LogP contribution < -0.4 is 9.47 Å². The van der Waals surface area contributed by atoms with Crippen molar-refractivity contribution < 1.29 is 27.4 Å². The van der Waals surface area contributed by atoms with Crippen molar-refractivity contribution in [1.29, 1.82) is 0 Å². The molecule has 146 valence electrons. The minimum atomic E-state index is -4.41. The number of halogens is 3. The lowest BCUT2D eigenvalue weighted by Crippen LogP contribution is -2.19. The van der Waals surface area contributed by atoms with Gasteiger partial charge in [0.05, 0.1) is 24.1 Å². The maximum atomic E-state index is 12.8. The number of hydrogen-bond donors (Lipinski definition) is 0. The third-order valence-electron chi connectivity index (χ3n) is 3.93. The summed E-state index contributed by atoms with van der Waals surface area (Å²) < 4.78 is 50.1. The lowest BCUT2D eigenvalue weighted by atomic mass is 10.1. The van der Waals surface area contributed by atoms with Crippen molar-refractivity contribution in [2.24, 2.45) is 0 Å². The predicted molar refractivity (Wildman–Crippen MR) is 94.2 cm³/mol. The van der Waals surface area contributed by atoms with E-state index in [4.69, 9.17) is 9.47 Å². The molecule has 6 nitrogen and oxygen atoms in total. The molecule has 0 radical (unpaired) electrons. The van der Waals surface area contributed by atoms with Crippen molar-refractivity contribution in [2.45, 2.75) is 19.3 Å². The largest absolute Gasteiger partial charge is 0.496 e. The molecule has 0 bridgehead atoms. The van der Waals surface area contributed by atoms with Crippen LogP contribution in [0.2, 0.25) is 0 Å². The van der Waals surface area contributed by atoms with E-state index in [1.54, 1.807) is 30.3 Å². The molecule has 0 fully saturated rings. The number of ether oxygens (including phenoxy) is 2. The molecule has 0 amide bonds. The van der Waals surface area contributed by atoms with E-state index in [1.165, 1.54) is 25.6 Å². The van der Waals surface area contributed by atoms with Gasteiger partial charge >= 0.3 is 6.18 Å². The van der Waals surface area contributed by atoms with Gasteiger partial charge in [-0.25, -0.2) is 0 Å². The standard InChI is InChI=1S/C19H16F3N3O3/c1-27-16-5-2-6-17(14(16)10-26)28-11-13-4-3-8-23-18(13)15-7-9-24-25(15)12-19(20,21)22/h2-10H,11-12H2,1H3. The van der Waals surface area contributed by atoms with Gasteiger partial charge in [-0.05, 0) is 24.3 Å². The molecule has 0 spiro atoms. The van der Waals surface area contributed by atoms with Crippen molar-refractivity contribution in [1.82, 2.24) is 14.8 Å². The summed E-state index contributed by atoms with van der Waals surface area (Å²) in [5, 5.41) is 3.74. The molecule has 2 aromatic heterocycles. The lowest BCUT2D eigenvalue weighted by molar-refractivity contribution is -0.142. The first kappa shape index (κ1) is 19.4. The number of pyridine rings is 1. The summed E-state index contributed by atoms with van der Waals surface area (Å²) in [7, 11) is 1.44. The van der Waals surface area contributed by atoms with Crippen LogP contribution in [0.25, 0.3) is 11.4 Å². The van der Waals surface area contributed by atoms with Gasteiger partial charge in [-0.1, -0.05) is 12.1 Å². The maximum absolute atomic E-state index is 12.8. The SMILES string of the molecule is COc1cccc(OCc2cccnc2-c2ccnn2CC(F)(F)F)c1C=O. The van der Waals surface area contributed by atoms with Crippen LogP contribution in [-0.4, -0.2) is 34.3 Å². The third-order valence-corrected chi connectivity index (χ3v) is 3.93. The van der Waals surface area contributed by atoms with Crippen molar-refractivity contribution in [2.75, 3.05) is 7.11 Å². The van der Waals surface area contributed by atoms with Gasteiger partial charge in [0.15, 0.2) is 6.29 Å². The van der Waals surface area contributed by atoms with Gasteiger partial charge in [-0.15, -0.1) is 0 Å². The molecule has 1 aromatic carbocycles. The molecular formula is C19H16F3N3O3. The molecule has 0 N–H and O–H groups in total. The van der Waals surface area contributed by atoms with E-state index in [1.807, 2.05) is 0 Å². The number of nitrogens with zero attached hydrogens (tertiary/aromatic N) is 3. The fourth-order valence-corrected chi connectivity index (χ4v) is 2.71. The molecule has 0 saturated carbocycles. The van der Waals surface area contributed by atoms with Crippen molar-refractivity contribution in [3.05, 3.63) is 59.9 Å². The zero-order chi connectivity index (χ0) is 20.1. The van der Waals surface area contributed by atoms with E-state index in [2.05, 4.69) is 10.1 Å². The number of aromatic nitrogens is 3. The topological polar surface area (TPSA) is 66.2 Å². The van der Waals surface area contributed by atoms with E-state index >= 15 is 0 Å².